The lowest BCUT2D eigenvalue weighted by atomic mass is 10.1. The molecule has 0 aliphatic heterocycles. The van der Waals surface area contributed by atoms with Gasteiger partial charge in [-0.05, 0) is 50.7 Å². The Morgan fingerprint density at radius 2 is 1.96 bits per heavy atom. The van der Waals surface area contributed by atoms with Gasteiger partial charge in [0.1, 0.15) is 0 Å². The van der Waals surface area contributed by atoms with Crippen molar-refractivity contribution >= 4 is 39.6 Å². The second-order valence-electron chi connectivity index (χ2n) is 5.88. The molecule has 25 heavy (non-hydrogen) atoms. The second kappa shape index (κ2) is 7.03. The van der Waals surface area contributed by atoms with Crippen LogP contribution >= 0.6 is 12.2 Å². The summed E-state index contributed by atoms with van der Waals surface area (Å²) in [5, 5.41) is 22.9. The summed E-state index contributed by atoms with van der Waals surface area (Å²) in [7, 11) is 0. The molecule has 0 spiro atoms. The average Bonchev–Trinajstić information content (AvgIpc) is 2.86. The topological polar surface area (TPSA) is 61.9 Å². The highest BCUT2D eigenvalue weighted by molar-refractivity contribution is 7.80. The zero-order chi connectivity index (χ0) is 18.0. The van der Waals surface area contributed by atoms with Crippen molar-refractivity contribution in [3.63, 3.8) is 0 Å². The van der Waals surface area contributed by atoms with E-state index in [2.05, 4.69) is 21.6 Å². The minimum absolute atomic E-state index is 0.0989. The van der Waals surface area contributed by atoms with Crippen LogP contribution in [0.25, 0.3) is 10.9 Å². The molecule has 1 aromatic heterocycles. The summed E-state index contributed by atoms with van der Waals surface area (Å²) in [5.74, 6) is 0.0989. The number of anilines is 1. The number of para-hydroxylation sites is 1. The van der Waals surface area contributed by atoms with E-state index in [1.165, 1.54) is 5.56 Å². The maximum atomic E-state index is 10.4. The third-order valence-corrected chi connectivity index (χ3v) is 4.28. The molecule has 6 heteroatoms. The van der Waals surface area contributed by atoms with Gasteiger partial charge in [-0.2, -0.15) is 0 Å². The summed E-state index contributed by atoms with van der Waals surface area (Å²) in [5.41, 5.74) is 4.53. The predicted molar refractivity (Wildman–Crippen MR) is 106 cm³/mol. The van der Waals surface area contributed by atoms with Gasteiger partial charge < -0.3 is 15.0 Å². The second-order valence-corrected chi connectivity index (χ2v) is 6.27. The summed E-state index contributed by atoms with van der Waals surface area (Å²) in [4.78, 5) is 0. The van der Waals surface area contributed by atoms with Crippen molar-refractivity contribution in [2.45, 2.75) is 27.3 Å². The Hall–Kier alpha value is -2.73. The summed E-state index contributed by atoms with van der Waals surface area (Å²) < 4.78 is 1.80. The van der Waals surface area contributed by atoms with Crippen LogP contribution in [-0.2, 0) is 6.54 Å². The first kappa shape index (κ1) is 17.1. The van der Waals surface area contributed by atoms with Crippen LogP contribution in [0.1, 0.15) is 18.1 Å². The number of aromatic hydroxyl groups is 1. The number of nitrogens with one attached hydrogen (secondary N) is 1. The minimum atomic E-state index is 0.0989. The Morgan fingerprint density at radius 1 is 1.20 bits per heavy atom. The Morgan fingerprint density at radius 3 is 2.68 bits per heavy atom. The molecular formula is C19H20N4OS. The molecule has 1 heterocycles. The summed E-state index contributed by atoms with van der Waals surface area (Å²) >= 11 is 5.27. The van der Waals surface area contributed by atoms with Crippen molar-refractivity contribution < 1.29 is 5.11 Å². The van der Waals surface area contributed by atoms with Gasteiger partial charge in [0, 0.05) is 17.6 Å². The van der Waals surface area contributed by atoms with E-state index in [-0.39, 0.29) is 11.0 Å². The van der Waals surface area contributed by atoms with Crippen LogP contribution < -0.4 is 5.32 Å². The van der Waals surface area contributed by atoms with Gasteiger partial charge in [-0.1, -0.05) is 35.9 Å². The van der Waals surface area contributed by atoms with Crippen molar-refractivity contribution in [1.82, 2.24) is 4.57 Å². The van der Waals surface area contributed by atoms with E-state index in [0.717, 1.165) is 22.2 Å². The highest BCUT2D eigenvalue weighted by Gasteiger charge is 2.15. The van der Waals surface area contributed by atoms with E-state index in [1.54, 1.807) is 4.57 Å². The molecule has 3 aromatic rings. The lowest BCUT2D eigenvalue weighted by Gasteiger charge is -2.07. The molecule has 0 aliphatic rings. The zero-order valence-corrected chi connectivity index (χ0v) is 15.3. The number of aryl methyl sites for hydroxylation is 3. The third-order valence-electron chi connectivity index (χ3n) is 4.10. The van der Waals surface area contributed by atoms with Crippen LogP contribution in [0.5, 0.6) is 5.88 Å². The van der Waals surface area contributed by atoms with Crippen molar-refractivity contribution in [3.8, 4) is 5.88 Å². The standard InChI is InChI=1S/C19H20N4OS/c1-4-23-16-8-6-5-7-14(16)17(18(23)24)21-22-19(25)20-15-10-9-12(2)11-13(15)3/h5-11,24H,4H2,1-3H3,(H,20,25). The fourth-order valence-corrected chi connectivity index (χ4v) is 3.03. The first-order valence-electron chi connectivity index (χ1n) is 8.11. The average molecular weight is 352 g/mol. The largest absolute Gasteiger partial charge is 0.493 e. The fourth-order valence-electron chi connectivity index (χ4n) is 2.88. The van der Waals surface area contributed by atoms with E-state index in [4.69, 9.17) is 12.2 Å². The molecule has 2 aromatic carbocycles. The van der Waals surface area contributed by atoms with Crippen LogP contribution in [0.4, 0.5) is 11.4 Å². The van der Waals surface area contributed by atoms with Gasteiger partial charge in [-0.25, -0.2) is 0 Å². The summed E-state index contributed by atoms with van der Waals surface area (Å²) in [6.45, 7) is 6.67. The zero-order valence-electron chi connectivity index (χ0n) is 14.4. The number of benzene rings is 2. The first-order valence-corrected chi connectivity index (χ1v) is 8.52. The lowest BCUT2D eigenvalue weighted by molar-refractivity contribution is 0.427. The Kier molecular flexibility index (Phi) is 4.81. The Balaban J connectivity index is 1.88. The molecule has 3 rings (SSSR count). The van der Waals surface area contributed by atoms with Crippen LogP contribution in [0.3, 0.4) is 0 Å². The molecule has 0 radical (unpaired) electrons. The van der Waals surface area contributed by atoms with Crippen molar-refractivity contribution in [3.05, 3.63) is 53.6 Å². The maximum Gasteiger partial charge on any atom is 0.220 e. The van der Waals surface area contributed by atoms with Crippen LogP contribution in [-0.4, -0.2) is 14.8 Å². The number of rotatable bonds is 3. The van der Waals surface area contributed by atoms with E-state index < -0.39 is 0 Å². The summed E-state index contributed by atoms with van der Waals surface area (Å²) in [6.07, 6.45) is 0. The number of nitrogens with zero attached hydrogens (tertiary/aromatic N) is 3. The molecule has 0 bridgehead atoms. The van der Waals surface area contributed by atoms with Crippen LogP contribution in [0.15, 0.2) is 52.7 Å². The number of azo groups is 1. The molecule has 0 unspecified atom stereocenters. The molecule has 0 saturated carbocycles. The molecule has 0 atom stereocenters. The minimum Gasteiger partial charge on any atom is -0.493 e. The van der Waals surface area contributed by atoms with Crippen molar-refractivity contribution in [2.24, 2.45) is 10.2 Å². The van der Waals surface area contributed by atoms with Crippen LogP contribution in [0, 0.1) is 13.8 Å². The molecule has 2 N–H and O–H groups in total. The molecule has 0 saturated heterocycles. The number of hydrogen-bond donors (Lipinski definition) is 2. The van der Waals surface area contributed by atoms with Gasteiger partial charge in [0.2, 0.25) is 11.0 Å². The van der Waals surface area contributed by atoms with Gasteiger partial charge in [0.15, 0.2) is 5.69 Å². The molecule has 128 valence electrons. The predicted octanol–water partition coefficient (Wildman–Crippen LogP) is 5.46. The van der Waals surface area contributed by atoms with E-state index >= 15 is 0 Å². The van der Waals surface area contributed by atoms with Gasteiger partial charge in [-0.15, -0.1) is 10.2 Å². The number of thiocarbonyl (C=S) groups is 1. The van der Waals surface area contributed by atoms with Gasteiger partial charge in [-0.3, -0.25) is 0 Å². The van der Waals surface area contributed by atoms with Crippen molar-refractivity contribution in [2.75, 3.05) is 5.32 Å². The molecule has 5 nitrogen and oxygen atoms in total. The first-order chi connectivity index (χ1) is 12.0. The summed E-state index contributed by atoms with van der Waals surface area (Å²) in [6, 6.07) is 13.7. The Bertz CT molecular complexity index is 975. The molecule has 0 fully saturated rings. The lowest BCUT2D eigenvalue weighted by Crippen LogP contribution is -2.06. The quantitative estimate of drug-likeness (QED) is 0.486. The molecule has 0 aliphatic carbocycles. The van der Waals surface area contributed by atoms with Gasteiger partial charge in [0.05, 0.1) is 5.52 Å². The van der Waals surface area contributed by atoms with Crippen LogP contribution in [0.2, 0.25) is 0 Å². The third kappa shape index (κ3) is 3.39. The number of hydrogen-bond acceptors (Lipinski definition) is 3. The fraction of sp³-hybridized carbons (Fsp3) is 0.211. The molecule has 0 amide bonds. The van der Waals surface area contributed by atoms with E-state index in [9.17, 15) is 5.11 Å². The normalized spacial score (nSPS) is 11.3. The smallest absolute Gasteiger partial charge is 0.220 e. The van der Waals surface area contributed by atoms with Gasteiger partial charge in [0.25, 0.3) is 0 Å². The molecular weight excluding hydrogens is 332 g/mol. The Labute approximate surface area is 152 Å². The van der Waals surface area contributed by atoms with E-state index in [1.807, 2.05) is 57.2 Å². The highest BCUT2D eigenvalue weighted by Crippen LogP contribution is 2.38. The monoisotopic (exact) mass is 352 g/mol. The highest BCUT2D eigenvalue weighted by atomic mass is 32.1. The number of fused-ring (bicyclic) bond motifs is 1. The van der Waals surface area contributed by atoms with Crippen molar-refractivity contribution in [1.29, 1.82) is 0 Å². The van der Waals surface area contributed by atoms with Gasteiger partial charge >= 0.3 is 0 Å². The SMILES string of the molecule is CCn1c(O)c(N=NC(=S)Nc2ccc(C)cc2C)c2ccccc21. The number of aromatic nitrogens is 1. The maximum absolute atomic E-state index is 10.4. The van der Waals surface area contributed by atoms with E-state index in [0.29, 0.717) is 12.2 Å².